The van der Waals surface area contributed by atoms with E-state index < -0.39 is 24.0 Å². The molecular weight excluding hydrogens is 439 g/mol. The summed E-state index contributed by atoms with van der Waals surface area (Å²) in [6.07, 6.45) is 5.84. The molecule has 3 aromatic heterocycles. The first kappa shape index (κ1) is 21.0. The maximum absolute atomic E-state index is 13.1. The fourth-order valence-electron chi connectivity index (χ4n) is 4.76. The van der Waals surface area contributed by atoms with Gasteiger partial charge in [0.25, 0.3) is 0 Å². The van der Waals surface area contributed by atoms with E-state index in [9.17, 15) is 14.3 Å². The topological polar surface area (TPSA) is 132 Å². The second-order valence-electron chi connectivity index (χ2n) is 9.11. The zero-order valence-corrected chi connectivity index (χ0v) is 18.5. The predicted molar refractivity (Wildman–Crippen MR) is 122 cm³/mol. The van der Waals surface area contributed by atoms with Gasteiger partial charge >= 0.3 is 0 Å². The molecule has 0 spiro atoms. The number of aliphatic hydroxyl groups excluding tert-OH is 1. The molecule has 2 aliphatic carbocycles. The number of halogens is 1. The molecule has 0 unspecified atom stereocenters. The highest BCUT2D eigenvalue weighted by molar-refractivity contribution is 5.97. The Hall–Kier alpha value is -3.60. The summed E-state index contributed by atoms with van der Waals surface area (Å²) in [5.41, 5.74) is 3.50. The van der Waals surface area contributed by atoms with Gasteiger partial charge in [-0.2, -0.15) is 14.5 Å². The third-order valence-electron chi connectivity index (χ3n) is 6.67. The monoisotopic (exact) mass is 464 g/mol. The molecule has 1 aliphatic heterocycles. The highest BCUT2D eigenvalue weighted by atomic mass is 19.1. The van der Waals surface area contributed by atoms with Gasteiger partial charge in [-0.3, -0.25) is 9.89 Å². The van der Waals surface area contributed by atoms with E-state index in [0.29, 0.717) is 42.2 Å². The summed E-state index contributed by atoms with van der Waals surface area (Å²) in [6.45, 7) is 0.438. The molecule has 3 aromatic rings. The summed E-state index contributed by atoms with van der Waals surface area (Å²) in [6, 6.07) is 3.75. The highest BCUT2D eigenvalue weighted by Crippen LogP contribution is 2.40. The first-order valence-corrected chi connectivity index (χ1v) is 11.6. The Kier molecular flexibility index (Phi) is 5.13. The molecule has 11 heteroatoms. The summed E-state index contributed by atoms with van der Waals surface area (Å²) < 4.78 is 13.1. The fraction of sp³-hybridized carbons (Fsp3) is 0.435. The number of H-pyrrole nitrogens is 1. The number of pyridine rings is 1. The lowest BCUT2D eigenvalue weighted by atomic mass is 10.1. The summed E-state index contributed by atoms with van der Waals surface area (Å²) in [5.74, 6) is 1.31. The molecule has 176 valence electrons. The van der Waals surface area contributed by atoms with Gasteiger partial charge in [0.15, 0.2) is 5.82 Å². The van der Waals surface area contributed by atoms with Crippen LogP contribution >= 0.6 is 0 Å². The van der Waals surface area contributed by atoms with Crippen molar-refractivity contribution in [2.24, 2.45) is 0 Å². The Labute approximate surface area is 195 Å². The van der Waals surface area contributed by atoms with Crippen LogP contribution < -0.4 is 15.5 Å². The number of aromatic nitrogens is 5. The second-order valence-corrected chi connectivity index (χ2v) is 9.11. The molecule has 10 nitrogen and oxygen atoms in total. The normalized spacial score (nSPS) is 21.5. The lowest BCUT2D eigenvalue weighted by Gasteiger charge is -2.26. The maximum Gasteiger partial charge on any atom is 0.249 e. The van der Waals surface area contributed by atoms with E-state index in [1.807, 2.05) is 6.07 Å². The Bertz CT molecular complexity index is 1230. The van der Waals surface area contributed by atoms with E-state index in [1.165, 1.54) is 31.2 Å². The van der Waals surface area contributed by atoms with Crippen molar-refractivity contribution in [3.05, 3.63) is 47.3 Å². The van der Waals surface area contributed by atoms with Gasteiger partial charge in [-0.25, -0.2) is 9.97 Å². The van der Waals surface area contributed by atoms with Gasteiger partial charge in [-0.1, -0.05) is 0 Å². The van der Waals surface area contributed by atoms with E-state index in [1.54, 1.807) is 4.90 Å². The standard InChI is InChI=1S/C23H25FN8O2/c24-18-7-6-13(11-25-18)26-22(34)20-17(33)8-9-32(20)23-27-15-3-1-2-14(15)21(29-23)28-19-10-16(30-31-19)12-4-5-12/h6-7,10-12,17,20,33H,1-5,8-9H2,(H,26,34)(H2,27,28,29,30,31)/t17-,20-/m1/s1. The van der Waals surface area contributed by atoms with Crippen molar-refractivity contribution in [1.82, 2.24) is 25.1 Å². The van der Waals surface area contributed by atoms with Crippen molar-refractivity contribution >= 4 is 29.2 Å². The predicted octanol–water partition coefficient (Wildman–Crippen LogP) is 2.42. The summed E-state index contributed by atoms with van der Waals surface area (Å²) in [7, 11) is 0. The number of fused-ring (bicyclic) bond motifs is 1. The number of aromatic amines is 1. The molecule has 34 heavy (non-hydrogen) atoms. The average Bonchev–Trinajstić information content (AvgIpc) is 3.19. The molecule has 2 atom stereocenters. The first-order valence-electron chi connectivity index (χ1n) is 11.6. The summed E-state index contributed by atoms with van der Waals surface area (Å²) in [4.78, 5) is 27.9. The molecule has 1 saturated heterocycles. The summed E-state index contributed by atoms with van der Waals surface area (Å²) >= 11 is 0. The third-order valence-corrected chi connectivity index (χ3v) is 6.67. The van der Waals surface area contributed by atoms with E-state index in [-0.39, 0.29) is 0 Å². The van der Waals surface area contributed by atoms with Crippen LogP contribution in [0.3, 0.4) is 0 Å². The Morgan fingerprint density at radius 1 is 1.21 bits per heavy atom. The van der Waals surface area contributed by atoms with Crippen molar-refractivity contribution in [2.45, 2.75) is 56.6 Å². The van der Waals surface area contributed by atoms with Gasteiger partial charge in [0.2, 0.25) is 17.8 Å². The first-order chi connectivity index (χ1) is 16.5. The molecule has 0 bridgehead atoms. The number of aliphatic hydroxyl groups is 1. The molecule has 0 radical (unpaired) electrons. The van der Waals surface area contributed by atoms with Crippen LogP contribution in [-0.4, -0.2) is 54.9 Å². The van der Waals surface area contributed by atoms with Gasteiger partial charge in [-0.15, -0.1) is 0 Å². The van der Waals surface area contributed by atoms with E-state index in [0.717, 1.165) is 36.2 Å². The number of hydrogen-bond acceptors (Lipinski definition) is 8. The molecule has 2 fully saturated rings. The zero-order chi connectivity index (χ0) is 23.2. The number of nitrogens with zero attached hydrogens (tertiary/aromatic N) is 5. The molecule has 3 aliphatic rings. The van der Waals surface area contributed by atoms with Crippen molar-refractivity contribution in [2.75, 3.05) is 22.1 Å². The van der Waals surface area contributed by atoms with Crippen LogP contribution in [-0.2, 0) is 17.6 Å². The number of anilines is 4. The van der Waals surface area contributed by atoms with Crippen LogP contribution in [0.2, 0.25) is 0 Å². The minimum atomic E-state index is -0.880. The average molecular weight is 465 g/mol. The van der Waals surface area contributed by atoms with E-state index in [4.69, 9.17) is 9.97 Å². The molecule has 1 saturated carbocycles. The molecule has 6 rings (SSSR count). The quantitative estimate of drug-likeness (QED) is 0.409. The van der Waals surface area contributed by atoms with Crippen molar-refractivity contribution < 1.29 is 14.3 Å². The Morgan fingerprint density at radius 3 is 2.88 bits per heavy atom. The number of carbonyl (C=O) groups is 1. The van der Waals surface area contributed by atoms with Gasteiger partial charge in [0.05, 0.1) is 23.7 Å². The minimum Gasteiger partial charge on any atom is -0.390 e. The van der Waals surface area contributed by atoms with E-state index >= 15 is 0 Å². The molecule has 4 N–H and O–H groups in total. The van der Waals surface area contributed by atoms with Crippen LogP contribution in [0.25, 0.3) is 0 Å². The Balaban J connectivity index is 1.28. The molecule has 4 heterocycles. The lowest BCUT2D eigenvalue weighted by Crippen LogP contribution is -2.46. The van der Waals surface area contributed by atoms with Crippen molar-refractivity contribution in [3.8, 4) is 0 Å². The molecule has 1 amide bonds. The number of aryl methyl sites for hydroxylation is 1. The van der Waals surface area contributed by atoms with Gasteiger partial charge in [-0.05, 0) is 50.7 Å². The van der Waals surface area contributed by atoms with Gasteiger partial charge in [0, 0.05) is 29.8 Å². The maximum atomic E-state index is 13.1. The van der Waals surface area contributed by atoms with Crippen LogP contribution in [0, 0.1) is 5.95 Å². The van der Waals surface area contributed by atoms with Crippen LogP contribution in [0.4, 0.5) is 27.7 Å². The molecular formula is C23H25FN8O2. The fourth-order valence-corrected chi connectivity index (χ4v) is 4.76. The number of amides is 1. The largest absolute Gasteiger partial charge is 0.390 e. The SMILES string of the molecule is O=C(Nc1ccc(F)nc1)[C@H]1[C@H](O)CCN1c1nc2c(c(Nc3cc(C4CC4)[nH]n3)n1)CCC2. The van der Waals surface area contributed by atoms with Crippen molar-refractivity contribution in [3.63, 3.8) is 0 Å². The van der Waals surface area contributed by atoms with Crippen molar-refractivity contribution in [1.29, 1.82) is 0 Å². The highest BCUT2D eigenvalue weighted by Gasteiger charge is 2.40. The lowest BCUT2D eigenvalue weighted by molar-refractivity contribution is -0.119. The van der Waals surface area contributed by atoms with E-state index in [2.05, 4.69) is 25.8 Å². The second kappa shape index (κ2) is 8.32. The number of hydrogen-bond donors (Lipinski definition) is 4. The summed E-state index contributed by atoms with van der Waals surface area (Å²) in [5, 5.41) is 24.2. The number of rotatable bonds is 6. The number of nitrogens with one attached hydrogen (secondary N) is 3. The van der Waals surface area contributed by atoms with Crippen LogP contribution in [0.5, 0.6) is 0 Å². The molecule has 0 aromatic carbocycles. The number of carbonyl (C=O) groups excluding carboxylic acids is 1. The smallest absolute Gasteiger partial charge is 0.249 e. The van der Waals surface area contributed by atoms with Crippen LogP contribution in [0.1, 0.15) is 48.6 Å². The minimum absolute atomic E-state index is 0.354. The Morgan fingerprint density at radius 2 is 2.09 bits per heavy atom. The van der Waals surface area contributed by atoms with Gasteiger partial charge < -0.3 is 20.6 Å². The van der Waals surface area contributed by atoms with Gasteiger partial charge in [0.1, 0.15) is 11.9 Å². The van der Waals surface area contributed by atoms with Crippen LogP contribution in [0.15, 0.2) is 24.4 Å². The third kappa shape index (κ3) is 3.96. The zero-order valence-electron chi connectivity index (χ0n) is 18.5.